The van der Waals surface area contributed by atoms with Crippen molar-refractivity contribution in [2.75, 3.05) is 26.4 Å². The molecule has 4 saturated heterocycles. The minimum atomic E-state index is -3.24. The molecule has 0 spiro atoms. The Morgan fingerprint density at radius 2 is 1.03 bits per heavy atom. The van der Waals surface area contributed by atoms with Crippen LogP contribution in [0, 0.1) is 0 Å². The minimum Gasteiger partial charge on any atom is -0.477 e. The summed E-state index contributed by atoms with van der Waals surface area (Å²) in [6, 6.07) is -5.18. The van der Waals surface area contributed by atoms with Gasteiger partial charge in [0.2, 0.25) is 17.7 Å². The van der Waals surface area contributed by atoms with E-state index in [1.807, 2.05) is 0 Å². The Morgan fingerprint density at radius 3 is 1.46 bits per heavy atom. The maximum Gasteiger partial charge on any atom is 0.364 e. The number of aliphatic carboxylic acids is 2. The number of carboxylic acid groups (broad SMARTS) is 2. The molecule has 0 aromatic carbocycles. The van der Waals surface area contributed by atoms with Gasteiger partial charge in [0, 0.05) is 47.5 Å². The number of carbonyl (C=O) groups is 7. The van der Waals surface area contributed by atoms with Crippen LogP contribution in [-0.2, 0) is 76.2 Å². The second-order valence-electron chi connectivity index (χ2n) is 17.5. The van der Waals surface area contributed by atoms with E-state index in [-0.39, 0.29) is 0 Å². The zero-order valence-electron chi connectivity index (χ0n) is 39.1. The molecule has 0 bridgehead atoms. The van der Waals surface area contributed by atoms with Gasteiger partial charge in [-0.05, 0) is 0 Å². The van der Waals surface area contributed by atoms with Gasteiger partial charge in [-0.15, -0.1) is 0 Å². The van der Waals surface area contributed by atoms with Crippen LogP contribution in [-0.4, -0.2) is 268 Å². The van der Waals surface area contributed by atoms with Crippen molar-refractivity contribution in [1.82, 2.24) is 16.0 Å². The average molecular weight is 1050 g/mol. The Morgan fingerprint density at radius 1 is 0.597 bits per heavy atom. The number of rotatable bonds is 21. The van der Waals surface area contributed by atoms with Crippen molar-refractivity contribution >= 4 is 41.6 Å². The van der Waals surface area contributed by atoms with E-state index in [4.69, 9.17) is 37.9 Å². The third-order valence-electron chi connectivity index (χ3n) is 11.9. The standard InChI is InChI=1S/C40H63N3O29/c1-12(45)41-23-17(50)6-39(37(60)61,70-32(23)26(54)19(52)9-64-15(4)48)66-11-22-29(57)31(25(35(59)67-22)43-14(3)47)69-36-30(58)34(28(56)21(8-44)68-36)72-40(38(62)63)7-18(51)24(42-13(2)46)33(71-40)27(55)20(53)10-65-16(5)49/h17-36,44,50-59H,6-11H2,1-5H3,(H,41,45)(H,42,46)(H,43,47)(H,60,61)(H,62,63)/t17-,18-,19+,20+,21+,22+,23+,24+,25+,26+,27+,28-,29-,30+,31+,32+,33+,34-,35?,36-,39+,40-/m0/s1. The van der Waals surface area contributed by atoms with E-state index < -0.39 is 215 Å². The quantitative estimate of drug-likeness (QED) is 0.0475. The number of aliphatic hydroxyl groups is 11. The topological polar surface area (TPSA) is 502 Å². The first-order valence-corrected chi connectivity index (χ1v) is 22.1. The molecule has 1 unspecified atom stereocenters. The predicted molar refractivity (Wildman–Crippen MR) is 222 cm³/mol. The third-order valence-corrected chi connectivity index (χ3v) is 11.9. The first-order valence-electron chi connectivity index (χ1n) is 22.1. The fraction of sp³-hybridized carbons (Fsp3) is 0.825. The number of hydrogen-bond donors (Lipinski definition) is 16. The molecule has 0 aromatic rings. The van der Waals surface area contributed by atoms with E-state index in [1.54, 1.807) is 0 Å². The summed E-state index contributed by atoms with van der Waals surface area (Å²) < 4.78 is 48.8. The van der Waals surface area contributed by atoms with E-state index in [0.717, 1.165) is 34.6 Å². The van der Waals surface area contributed by atoms with E-state index in [1.165, 1.54) is 0 Å². The smallest absolute Gasteiger partial charge is 0.364 e. The first-order chi connectivity index (χ1) is 33.5. The van der Waals surface area contributed by atoms with Crippen LogP contribution in [0.5, 0.6) is 0 Å². The number of hydrogen-bond acceptors (Lipinski definition) is 27. The molecule has 0 saturated carbocycles. The lowest BCUT2D eigenvalue weighted by Crippen LogP contribution is -2.71. The van der Waals surface area contributed by atoms with E-state index in [2.05, 4.69) is 20.7 Å². The summed E-state index contributed by atoms with van der Waals surface area (Å²) in [6.45, 7) is 0.777. The number of ether oxygens (including phenoxy) is 9. The summed E-state index contributed by atoms with van der Waals surface area (Å²) in [7, 11) is 0. The molecule has 32 heteroatoms. The molecule has 4 aliphatic rings. The zero-order valence-corrected chi connectivity index (χ0v) is 39.1. The number of aliphatic hydroxyl groups excluding tert-OH is 11. The molecule has 0 aromatic heterocycles. The van der Waals surface area contributed by atoms with Gasteiger partial charge in [0.25, 0.3) is 11.6 Å². The fourth-order valence-electron chi connectivity index (χ4n) is 8.43. The van der Waals surface area contributed by atoms with Crippen molar-refractivity contribution < 1.29 is 143 Å². The third kappa shape index (κ3) is 14.2. The van der Waals surface area contributed by atoms with Crippen LogP contribution in [0.15, 0.2) is 0 Å². The zero-order chi connectivity index (χ0) is 54.3. The predicted octanol–water partition coefficient (Wildman–Crippen LogP) is -9.76. The van der Waals surface area contributed by atoms with Gasteiger partial charge in [0.1, 0.15) is 98.6 Å². The fourth-order valence-corrected chi connectivity index (χ4v) is 8.43. The van der Waals surface area contributed by atoms with E-state index in [9.17, 15) is 99.9 Å². The van der Waals surface area contributed by atoms with Gasteiger partial charge in [-0.25, -0.2) is 9.59 Å². The Hall–Kier alpha value is -4.43. The summed E-state index contributed by atoms with van der Waals surface area (Å²) in [5, 5.41) is 150. The normalized spacial score (nSPS) is 38.7. The molecule has 22 atom stereocenters. The van der Waals surface area contributed by atoms with Crippen LogP contribution in [0.4, 0.5) is 0 Å². The number of esters is 2. The molecular weight excluding hydrogens is 986 g/mol. The lowest BCUT2D eigenvalue weighted by Gasteiger charge is -2.51. The molecule has 32 nitrogen and oxygen atoms in total. The molecule has 4 fully saturated rings. The SMILES string of the molecule is CC(=O)N[C@H]1[C@H]([C@H](O)[C@H](O)COC(C)=O)O[C@@](OC[C@H]2OC(O)[C@H](NC(C)=O)[C@@H](O[C@@H]3O[C@H](CO)[C@H](O)[C@H](O[C@]4(C(=O)O)C[C@H](O)[C@@H](NC(C)=O)[C@H]([C@H](O)[C@H](O)COC(C)=O)O4)[C@H]3O)[C@H]2O)(C(=O)O)C[C@@H]1O. The highest BCUT2D eigenvalue weighted by atomic mass is 16.8. The average Bonchev–Trinajstić information content (AvgIpc) is 3.29. The molecule has 16 N–H and O–H groups in total. The molecular formula is C40H63N3O29. The number of carbonyl (C=O) groups excluding carboxylic acids is 5. The van der Waals surface area contributed by atoms with Gasteiger partial charge in [-0.2, -0.15) is 0 Å². The second kappa shape index (κ2) is 25.2. The highest BCUT2D eigenvalue weighted by Gasteiger charge is 2.61. The summed E-state index contributed by atoms with van der Waals surface area (Å²) in [6.07, 6.45) is -38.6. The largest absolute Gasteiger partial charge is 0.477 e. The number of carboxylic acids is 2. The van der Waals surface area contributed by atoms with Crippen molar-refractivity contribution in [2.24, 2.45) is 0 Å². The van der Waals surface area contributed by atoms with Gasteiger partial charge in [0.05, 0.1) is 37.5 Å². The Balaban J connectivity index is 1.67. The molecule has 4 aliphatic heterocycles. The molecule has 4 rings (SSSR count). The Kier molecular flexibility index (Phi) is 21.0. The van der Waals surface area contributed by atoms with Crippen molar-refractivity contribution in [3.05, 3.63) is 0 Å². The molecule has 0 radical (unpaired) electrons. The van der Waals surface area contributed by atoms with Crippen LogP contribution >= 0.6 is 0 Å². The van der Waals surface area contributed by atoms with Crippen molar-refractivity contribution in [3.8, 4) is 0 Å². The summed E-state index contributed by atoms with van der Waals surface area (Å²) in [4.78, 5) is 85.2. The molecule has 3 amide bonds. The van der Waals surface area contributed by atoms with Gasteiger partial charge >= 0.3 is 23.9 Å². The number of nitrogens with one attached hydrogen (secondary N) is 3. The van der Waals surface area contributed by atoms with E-state index in [0.29, 0.717) is 0 Å². The van der Waals surface area contributed by atoms with Crippen LogP contribution < -0.4 is 16.0 Å². The van der Waals surface area contributed by atoms with Gasteiger partial charge in [0.15, 0.2) is 12.6 Å². The molecule has 0 aliphatic carbocycles. The lowest BCUT2D eigenvalue weighted by atomic mass is 9.88. The Bertz CT molecular complexity index is 1920. The number of amides is 3. The summed E-state index contributed by atoms with van der Waals surface area (Å²) in [5.74, 6) is -14.7. The minimum absolute atomic E-state index is 0.812. The molecule has 4 heterocycles. The first kappa shape index (κ1) is 60.1. The maximum atomic E-state index is 13.1. The van der Waals surface area contributed by atoms with Gasteiger partial charge < -0.3 is 125 Å². The monoisotopic (exact) mass is 1050 g/mol. The van der Waals surface area contributed by atoms with Crippen LogP contribution in [0.1, 0.15) is 47.5 Å². The van der Waals surface area contributed by atoms with Crippen molar-refractivity contribution in [3.63, 3.8) is 0 Å². The van der Waals surface area contributed by atoms with Crippen molar-refractivity contribution in [2.45, 2.75) is 181 Å². The van der Waals surface area contributed by atoms with E-state index >= 15 is 0 Å². The maximum absolute atomic E-state index is 13.1. The highest BCUT2D eigenvalue weighted by Crippen LogP contribution is 2.39. The second-order valence-corrected chi connectivity index (χ2v) is 17.5. The van der Waals surface area contributed by atoms with Crippen LogP contribution in [0.2, 0.25) is 0 Å². The summed E-state index contributed by atoms with van der Waals surface area (Å²) in [5.41, 5.74) is 0. The lowest BCUT2D eigenvalue weighted by molar-refractivity contribution is -0.382. The Labute approximate surface area is 407 Å². The van der Waals surface area contributed by atoms with Gasteiger partial charge in [-0.1, -0.05) is 0 Å². The van der Waals surface area contributed by atoms with Crippen LogP contribution in [0.3, 0.4) is 0 Å². The van der Waals surface area contributed by atoms with Crippen molar-refractivity contribution in [1.29, 1.82) is 0 Å². The van der Waals surface area contributed by atoms with Crippen LogP contribution in [0.25, 0.3) is 0 Å². The molecule has 72 heavy (non-hydrogen) atoms. The molecule has 412 valence electrons. The summed E-state index contributed by atoms with van der Waals surface area (Å²) >= 11 is 0. The highest BCUT2D eigenvalue weighted by molar-refractivity contribution is 5.77. The van der Waals surface area contributed by atoms with Gasteiger partial charge in [-0.3, -0.25) is 24.0 Å².